The van der Waals surface area contributed by atoms with E-state index in [1.807, 2.05) is 30.3 Å². The van der Waals surface area contributed by atoms with Crippen LogP contribution < -0.4 is 0 Å². The molecule has 0 saturated carbocycles. The van der Waals surface area contributed by atoms with Crippen LogP contribution in [0.5, 0.6) is 0 Å². The predicted octanol–water partition coefficient (Wildman–Crippen LogP) is 18.2. The Morgan fingerprint density at radius 2 is 0.859 bits per heavy atom. The van der Waals surface area contributed by atoms with Gasteiger partial charge in [0.1, 0.15) is 6.10 Å². The summed E-state index contributed by atoms with van der Waals surface area (Å²) in [7, 11) is -1.81. The van der Waals surface area contributed by atoms with Gasteiger partial charge in [0.15, 0.2) is 0 Å². The number of benzene rings is 3. The average molecular weight is 1220 g/mol. The van der Waals surface area contributed by atoms with Gasteiger partial charge >= 0.3 is 369 Å². The maximum atomic E-state index is 10.5. The van der Waals surface area contributed by atoms with E-state index in [0.29, 0.717) is 6.42 Å². The molecule has 0 saturated heterocycles. The second kappa shape index (κ2) is 42.9. The van der Waals surface area contributed by atoms with Gasteiger partial charge in [0.05, 0.1) is 0 Å². The van der Waals surface area contributed by atoms with Gasteiger partial charge in [-0.25, -0.2) is 0 Å². The summed E-state index contributed by atoms with van der Waals surface area (Å²) in [6, 6.07) is 31.5. The zero-order valence-electron chi connectivity index (χ0n) is 48.0. The molecule has 3 atom stereocenters. The standard InChI is InChI=1S/C17H27OSi.C11H13O.C11H12O.6C4H9.BH2S.2Sn/c1-7-16(18-19(5,6)17(2,3)4)14-13-15-11-9-8-10-12-15;2*1-2-11(12)9-8-10-6-4-3-5-7-10;6*1-3-4-2;1-2;;/h1,7-12,16H,13-14H2,2-6H3;1-7,11-12H,8-9H2;1,3-7,11-12H,8-9H2;6*1,3-4H2,2H3;1H2;;/q;;;;;;;;;-1;;/t16-;2*11-;;;;;;;;;/m111........./s1. The first kappa shape index (κ1) is 69.7. The van der Waals surface area contributed by atoms with Crippen LogP contribution in [0, 0.1) is 12.3 Å². The molecule has 3 aromatic rings. The van der Waals surface area contributed by atoms with E-state index in [0.717, 1.165) is 32.1 Å². The molecule has 71 heavy (non-hydrogen) atoms. The van der Waals surface area contributed by atoms with Crippen LogP contribution in [0.2, 0.25) is 44.8 Å². The monoisotopic (exact) mass is 1220 g/mol. The fraction of sp³-hybridized carbons (Fsp3) is 0.619. The van der Waals surface area contributed by atoms with Crippen LogP contribution >= 0.6 is 12.1 Å². The minimum absolute atomic E-state index is 0.249. The van der Waals surface area contributed by atoms with Gasteiger partial charge in [-0.2, -0.15) is 0 Å². The molecule has 2 N–H and O–H groups in total. The molecule has 3 rings (SSSR count). The number of aliphatic hydroxyl groups excluding tert-OH is 2. The summed E-state index contributed by atoms with van der Waals surface area (Å²) in [5.41, 5.74) is 3.97. The molecule has 400 valence electrons. The number of terminal acetylenes is 1. The maximum absolute atomic E-state index is 10.5. The normalized spacial score (nSPS) is 13.2. The van der Waals surface area contributed by atoms with Crippen molar-refractivity contribution in [3.05, 3.63) is 128 Å². The Kier molecular flexibility index (Phi) is 42.1. The third kappa shape index (κ3) is 33.4. The molecule has 0 heterocycles. The van der Waals surface area contributed by atoms with Crippen molar-refractivity contribution in [2.75, 3.05) is 0 Å². The molecule has 8 heteroatoms. The van der Waals surface area contributed by atoms with Gasteiger partial charge < -0.3 is 17.2 Å². The van der Waals surface area contributed by atoms with Crippen molar-refractivity contribution in [1.29, 1.82) is 0 Å². The molecule has 0 aliphatic rings. The third-order valence-corrected chi connectivity index (χ3v) is 47.4. The molecule has 3 aromatic carbocycles. The van der Waals surface area contributed by atoms with Gasteiger partial charge in [-0.05, 0) is 18.4 Å². The van der Waals surface area contributed by atoms with Crippen LogP contribution in [0.25, 0.3) is 0 Å². The zero-order valence-corrected chi connectivity index (χ0v) is 55.5. The number of hydrogen-bond acceptors (Lipinski definition) is 4. The number of rotatable bonds is 33. The van der Waals surface area contributed by atoms with Crippen LogP contribution in [0.4, 0.5) is 0 Å². The van der Waals surface area contributed by atoms with Gasteiger partial charge in [0, 0.05) is 0 Å². The van der Waals surface area contributed by atoms with Gasteiger partial charge in [-0.3, -0.25) is 0 Å². The summed E-state index contributed by atoms with van der Waals surface area (Å²) in [5, 5.41) is 19.8. The second-order valence-corrected chi connectivity index (χ2v) is 52.6. The molecular weight excluding hydrogens is 1110 g/mol. The van der Waals surface area contributed by atoms with Crippen LogP contribution in [0.15, 0.2) is 111 Å². The van der Waals surface area contributed by atoms with E-state index >= 15 is 0 Å². The molecule has 0 aromatic heterocycles. The molecule has 0 fully saturated rings. The molecule has 0 aliphatic carbocycles. The van der Waals surface area contributed by atoms with E-state index in [1.165, 1.54) is 120 Å². The molecule has 3 nitrogen and oxygen atoms in total. The van der Waals surface area contributed by atoms with Crippen molar-refractivity contribution >= 4 is 63.8 Å². The molecule has 0 amide bonds. The van der Waals surface area contributed by atoms with Crippen LogP contribution in [-0.2, 0) is 23.7 Å². The fourth-order valence-corrected chi connectivity index (χ4v) is 39.0. The zero-order chi connectivity index (χ0) is 53.3. The molecule has 0 spiro atoms. The maximum Gasteiger partial charge on any atom is -0.113 e. The van der Waals surface area contributed by atoms with E-state index in [2.05, 4.69) is 174 Å². The molecule has 0 aliphatic heterocycles. The van der Waals surface area contributed by atoms with E-state index in [-0.39, 0.29) is 17.2 Å². The molecular formula is C63H108BO3SSiSn2-. The first-order valence-electron chi connectivity index (χ1n) is 28.5. The van der Waals surface area contributed by atoms with Crippen molar-refractivity contribution in [3.63, 3.8) is 0 Å². The Morgan fingerprint density at radius 3 is 1.17 bits per heavy atom. The van der Waals surface area contributed by atoms with Crippen LogP contribution in [0.1, 0.15) is 175 Å². The van der Waals surface area contributed by atoms with Crippen molar-refractivity contribution in [3.8, 4) is 12.3 Å². The number of aliphatic hydroxyl groups is 2. The quantitative estimate of drug-likeness (QED) is 0.0471. The van der Waals surface area contributed by atoms with Crippen molar-refractivity contribution in [2.45, 2.75) is 241 Å². The Hall–Kier alpha value is -1.32. The van der Waals surface area contributed by atoms with Gasteiger partial charge in [0.25, 0.3) is 0 Å². The predicted molar refractivity (Wildman–Crippen MR) is 331 cm³/mol. The fourth-order valence-electron chi connectivity index (χ4n) is 8.84. The summed E-state index contributed by atoms with van der Waals surface area (Å²) in [6.45, 7) is 27.5. The van der Waals surface area contributed by atoms with Crippen molar-refractivity contribution in [1.82, 2.24) is 0 Å². The Labute approximate surface area is 455 Å². The Balaban J connectivity index is 0.00000111. The van der Waals surface area contributed by atoms with E-state index in [9.17, 15) is 5.11 Å². The summed E-state index contributed by atoms with van der Waals surface area (Å²) in [6.07, 6.45) is 31.0. The number of hydrogen-bond donors (Lipinski definition) is 2. The Morgan fingerprint density at radius 1 is 0.549 bits per heavy atom. The number of unbranched alkanes of at least 4 members (excludes halogenated alkanes) is 6. The van der Waals surface area contributed by atoms with Crippen molar-refractivity contribution < 1.29 is 14.6 Å². The van der Waals surface area contributed by atoms with Crippen LogP contribution in [-0.4, -0.2) is 80.3 Å². The van der Waals surface area contributed by atoms with E-state index in [4.69, 9.17) is 16.0 Å². The van der Waals surface area contributed by atoms with Crippen LogP contribution in [0.3, 0.4) is 0 Å². The first-order chi connectivity index (χ1) is 34.1. The molecule has 0 radical (unpaired) electrons. The summed E-state index contributed by atoms with van der Waals surface area (Å²) < 4.78 is 21.5. The number of aryl methyl sites for hydroxylation is 3. The second-order valence-electron chi connectivity index (χ2n) is 21.8. The van der Waals surface area contributed by atoms with E-state index < -0.39 is 51.2 Å². The minimum atomic E-state index is -2.29. The Bertz CT molecular complexity index is 1740. The largest absolute Gasteiger partial charge is 0.421 e. The topological polar surface area (TPSA) is 49.7 Å². The molecule has 0 bridgehead atoms. The summed E-state index contributed by atoms with van der Waals surface area (Å²) >= 11 is -0.433. The minimum Gasteiger partial charge on any atom is -0.421 e. The molecule has 0 unspecified atom stereocenters. The SMILES string of the molecule is C#C[C@@H](O)CCc1ccccc1.CCC[CH2][Sn](/[CH]=C\[C@@H](O)CCc1ccccc1)([CH2]CCC)[CH2]CCC.CCC[CH2][Sn](/[CH]=C\[C@H](CCc1ccccc1)O[Si](C)(C)C(C)(C)C)([CH2]CCC)[CH2]CCC.[BH2-]=S. The third-order valence-electron chi connectivity index (χ3n) is 14.6. The van der Waals surface area contributed by atoms with Gasteiger partial charge in [-0.1, -0.05) is 36.3 Å². The van der Waals surface area contributed by atoms with Gasteiger partial charge in [-0.15, -0.1) is 13.1 Å². The van der Waals surface area contributed by atoms with Gasteiger partial charge in [0.2, 0.25) is 0 Å². The summed E-state index contributed by atoms with van der Waals surface area (Å²) in [5.74, 6) is 2.29. The smallest absolute Gasteiger partial charge is 0.113 e. The first-order valence-corrected chi connectivity index (χ1v) is 47.6. The average Bonchev–Trinajstić information content (AvgIpc) is 3.39. The van der Waals surface area contributed by atoms with E-state index in [1.54, 1.807) is 6.72 Å². The van der Waals surface area contributed by atoms with Crippen molar-refractivity contribution in [2.24, 2.45) is 0 Å². The summed E-state index contributed by atoms with van der Waals surface area (Å²) in [4.78, 5) is 0.